The van der Waals surface area contributed by atoms with Crippen molar-refractivity contribution in [3.63, 3.8) is 0 Å². The lowest BCUT2D eigenvalue weighted by Gasteiger charge is -2.23. The van der Waals surface area contributed by atoms with E-state index < -0.39 is 22.2 Å². The first-order valence-electron chi connectivity index (χ1n) is 19.2. The number of benzene rings is 5. The summed E-state index contributed by atoms with van der Waals surface area (Å²) in [6.45, 7) is 7.15. The molecule has 0 aromatic heterocycles. The van der Waals surface area contributed by atoms with Crippen molar-refractivity contribution in [3.05, 3.63) is 138 Å². The summed E-state index contributed by atoms with van der Waals surface area (Å²) < 4.78 is 51.6. The van der Waals surface area contributed by atoms with Crippen molar-refractivity contribution in [3.8, 4) is 22.6 Å². The highest BCUT2D eigenvalue weighted by Gasteiger charge is 2.26. The summed E-state index contributed by atoms with van der Waals surface area (Å²) in [5.74, 6) is 0.414. The van der Waals surface area contributed by atoms with Gasteiger partial charge in [0.2, 0.25) is 0 Å². The fourth-order valence-electron chi connectivity index (χ4n) is 6.18. The highest BCUT2D eigenvalue weighted by atomic mass is 32.2. The van der Waals surface area contributed by atoms with Gasteiger partial charge in [-0.1, -0.05) is 106 Å². The maximum absolute atomic E-state index is 14.1. The normalized spacial score (nSPS) is 11.8. The largest absolute Gasteiger partial charge is 0.494 e. The minimum absolute atomic E-state index is 0.0250. The molecule has 1 unspecified atom stereocenters. The third kappa shape index (κ3) is 12.3. The molecular weight excluding hydrogens is 745 g/mol. The molecule has 10 heteroatoms. The minimum atomic E-state index is -4.34. The van der Waals surface area contributed by atoms with Gasteiger partial charge < -0.3 is 18.4 Å². The summed E-state index contributed by atoms with van der Waals surface area (Å²) in [7, 11) is -4.34. The molecule has 0 spiro atoms. The number of carbonyl (C=O) groups is 2. The van der Waals surface area contributed by atoms with Crippen LogP contribution in [0.25, 0.3) is 11.1 Å². The number of carbonyl (C=O) groups excluding carboxylic acids is 2. The standard InChI is InChI=1S/C46H50O8S2/c1-4-6-8-9-15-26-51-33-36-28-35(32-47)29-38(30-36)46(53-34(3)48)43-19-14-13-18-42(43)37-20-25-44(55-41-23-21-39(22-24-41)52-27-7-5-2)45(31-37)56(49,50)54-40-16-11-10-12-17-40/h10-14,16-25,28-32,46H,4-9,15,26-27,33H2,1-3H3. The van der Waals surface area contributed by atoms with Gasteiger partial charge in [0.25, 0.3) is 0 Å². The van der Waals surface area contributed by atoms with Crippen LogP contribution in [0.5, 0.6) is 11.5 Å². The zero-order chi connectivity index (χ0) is 39.8. The van der Waals surface area contributed by atoms with Crippen molar-refractivity contribution >= 4 is 34.1 Å². The number of hydrogen-bond donors (Lipinski definition) is 0. The SMILES string of the molecule is CCCCCCCOCc1cc(C=O)cc(C(OC(C)=O)c2ccccc2-c2ccc(Sc3ccc(OCCCC)cc3)c(S(=O)(=O)Oc3ccccc3)c2)c1. The molecule has 0 radical (unpaired) electrons. The minimum Gasteiger partial charge on any atom is -0.494 e. The highest BCUT2D eigenvalue weighted by molar-refractivity contribution is 8.00. The first-order chi connectivity index (χ1) is 27.2. The van der Waals surface area contributed by atoms with Crippen molar-refractivity contribution in [2.75, 3.05) is 13.2 Å². The zero-order valence-corrected chi connectivity index (χ0v) is 33.9. The molecule has 0 saturated heterocycles. The van der Waals surface area contributed by atoms with E-state index in [0.717, 1.165) is 48.2 Å². The van der Waals surface area contributed by atoms with Crippen LogP contribution < -0.4 is 8.92 Å². The molecule has 0 aliphatic carbocycles. The lowest BCUT2D eigenvalue weighted by atomic mass is 9.91. The molecule has 5 aromatic rings. The molecule has 0 aliphatic heterocycles. The van der Waals surface area contributed by atoms with E-state index in [-0.39, 0.29) is 10.6 Å². The van der Waals surface area contributed by atoms with Gasteiger partial charge in [0.15, 0.2) is 6.10 Å². The predicted octanol–water partition coefficient (Wildman–Crippen LogP) is 11.4. The third-order valence-corrected chi connectivity index (χ3v) is 11.5. The van der Waals surface area contributed by atoms with Crippen LogP contribution in [0, 0.1) is 0 Å². The number of hydrogen-bond acceptors (Lipinski definition) is 9. The first-order valence-corrected chi connectivity index (χ1v) is 21.4. The van der Waals surface area contributed by atoms with E-state index in [1.54, 1.807) is 54.6 Å². The molecule has 0 saturated carbocycles. The molecule has 0 bridgehead atoms. The highest BCUT2D eigenvalue weighted by Crippen LogP contribution is 2.40. The first kappa shape index (κ1) is 42.2. The average molecular weight is 795 g/mol. The van der Waals surface area contributed by atoms with Gasteiger partial charge in [0.1, 0.15) is 22.7 Å². The summed E-state index contributed by atoms with van der Waals surface area (Å²) >= 11 is 1.30. The number of ether oxygens (including phenoxy) is 3. The van der Waals surface area contributed by atoms with Gasteiger partial charge in [-0.25, -0.2) is 0 Å². The van der Waals surface area contributed by atoms with Gasteiger partial charge in [-0.15, -0.1) is 0 Å². The summed E-state index contributed by atoms with van der Waals surface area (Å²) in [5, 5.41) is 0. The molecule has 5 rings (SSSR count). The van der Waals surface area contributed by atoms with Crippen LogP contribution in [0.4, 0.5) is 0 Å². The van der Waals surface area contributed by atoms with E-state index in [9.17, 15) is 18.0 Å². The van der Waals surface area contributed by atoms with E-state index in [1.165, 1.54) is 37.9 Å². The second-order valence-electron chi connectivity index (χ2n) is 13.5. The van der Waals surface area contributed by atoms with Crippen LogP contribution in [0.15, 0.2) is 130 Å². The monoisotopic (exact) mass is 794 g/mol. The van der Waals surface area contributed by atoms with E-state index in [4.69, 9.17) is 18.4 Å². The van der Waals surface area contributed by atoms with Crippen LogP contribution in [0.2, 0.25) is 0 Å². The van der Waals surface area contributed by atoms with Gasteiger partial charge in [-0.2, -0.15) is 8.42 Å². The second kappa shape index (κ2) is 21.4. The van der Waals surface area contributed by atoms with Gasteiger partial charge in [0.05, 0.1) is 13.2 Å². The van der Waals surface area contributed by atoms with E-state index in [1.807, 2.05) is 60.7 Å². The smallest absolute Gasteiger partial charge is 0.340 e. The fourth-order valence-corrected chi connectivity index (χ4v) is 8.47. The Hall–Kier alpha value is -4.90. The molecule has 0 N–H and O–H groups in total. The Morgan fingerprint density at radius 3 is 2.21 bits per heavy atom. The average Bonchev–Trinajstić information content (AvgIpc) is 3.20. The van der Waals surface area contributed by atoms with Crippen molar-refractivity contribution in [1.29, 1.82) is 0 Å². The summed E-state index contributed by atoms with van der Waals surface area (Å²) in [4.78, 5) is 26.0. The predicted molar refractivity (Wildman–Crippen MR) is 221 cm³/mol. The van der Waals surface area contributed by atoms with E-state index >= 15 is 0 Å². The molecule has 1 atom stereocenters. The third-order valence-electron chi connectivity index (χ3n) is 8.96. The molecule has 56 heavy (non-hydrogen) atoms. The van der Waals surface area contributed by atoms with Crippen LogP contribution in [-0.4, -0.2) is 33.9 Å². The van der Waals surface area contributed by atoms with Gasteiger partial charge in [0, 0.05) is 34.4 Å². The molecule has 8 nitrogen and oxygen atoms in total. The lowest BCUT2D eigenvalue weighted by molar-refractivity contribution is -0.144. The van der Waals surface area contributed by atoms with Crippen LogP contribution in [0.3, 0.4) is 0 Å². The summed E-state index contributed by atoms with van der Waals surface area (Å²) in [6.07, 6.45) is 7.44. The van der Waals surface area contributed by atoms with E-state index in [2.05, 4.69) is 13.8 Å². The number of aldehydes is 1. The Kier molecular flexibility index (Phi) is 16.2. The van der Waals surface area contributed by atoms with Crippen molar-refractivity contribution < 1.29 is 36.4 Å². The van der Waals surface area contributed by atoms with Crippen LogP contribution in [-0.2, 0) is 31.0 Å². The quantitative estimate of drug-likeness (QED) is 0.0293. The lowest BCUT2D eigenvalue weighted by Crippen LogP contribution is -2.13. The molecule has 0 amide bonds. The number of unbranched alkanes of at least 4 members (excludes halogenated alkanes) is 5. The van der Waals surface area contributed by atoms with Crippen molar-refractivity contribution in [1.82, 2.24) is 0 Å². The molecular formula is C46H50O8S2. The molecule has 5 aromatic carbocycles. The van der Waals surface area contributed by atoms with Crippen molar-refractivity contribution in [2.24, 2.45) is 0 Å². The number of esters is 1. The maximum atomic E-state index is 14.1. The Labute approximate surface area is 335 Å². The Balaban J connectivity index is 1.52. The Morgan fingerprint density at radius 2 is 1.48 bits per heavy atom. The molecule has 294 valence electrons. The summed E-state index contributed by atoms with van der Waals surface area (Å²) in [6, 6.07) is 33.8. The second-order valence-corrected chi connectivity index (χ2v) is 16.1. The number of rotatable bonds is 22. The maximum Gasteiger partial charge on any atom is 0.340 e. The van der Waals surface area contributed by atoms with Gasteiger partial charge in [-0.05, 0) is 102 Å². The van der Waals surface area contributed by atoms with Crippen molar-refractivity contribution in [2.45, 2.75) is 93.1 Å². The fraction of sp³-hybridized carbons (Fsp3) is 0.304. The van der Waals surface area contributed by atoms with Crippen LogP contribution in [0.1, 0.15) is 98.9 Å². The summed E-state index contributed by atoms with van der Waals surface area (Å²) in [5.41, 5.74) is 3.61. The Bertz CT molecular complexity index is 2130. The molecule has 0 aliphatic rings. The number of para-hydroxylation sites is 1. The molecule has 0 fully saturated rings. The zero-order valence-electron chi connectivity index (χ0n) is 32.3. The van der Waals surface area contributed by atoms with Gasteiger partial charge >= 0.3 is 16.1 Å². The van der Waals surface area contributed by atoms with E-state index in [0.29, 0.717) is 52.5 Å². The topological polar surface area (TPSA) is 105 Å². The van der Waals surface area contributed by atoms with Crippen LogP contribution >= 0.6 is 11.8 Å². The van der Waals surface area contributed by atoms with Gasteiger partial charge in [-0.3, -0.25) is 9.59 Å². The molecule has 0 heterocycles. The Morgan fingerprint density at radius 1 is 0.750 bits per heavy atom.